The number of halogens is 1. The molecular weight excluding hydrogens is 347 g/mol. The quantitative estimate of drug-likeness (QED) is 0.393. The van der Waals surface area contributed by atoms with Gasteiger partial charge in [0.05, 0.1) is 6.61 Å². The zero-order valence-electron chi connectivity index (χ0n) is 17.8. The van der Waals surface area contributed by atoms with Crippen LogP contribution < -0.4 is 0 Å². The Kier molecular flexibility index (Phi) is 8.58. The third kappa shape index (κ3) is 6.17. The number of ether oxygens (including phenoxy) is 1. The molecule has 0 unspecified atom stereocenters. The van der Waals surface area contributed by atoms with Gasteiger partial charge in [-0.15, -0.1) is 6.58 Å². The van der Waals surface area contributed by atoms with Gasteiger partial charge in [-0.3, -0.25) is 0 Å². The van der Waals surface area contributed by atoms with E-state index >= 15 is 0 Å². The molecule has 0 spiro atoms. The Hall–Kier alpha value is -1.15. The van der Waals surface area contributed by atoms with Crippen LogP contribution in [0, 0.1) is 23.6 Å². The molecular formula is C26H39FO. The summed E-state index contributed by atoms with van der Waals surface area (Å²) in [6.45, 7) is 4.21. The van der Waals surface area contributed by atoms with E-state index in [0.29, 0.717) is 18.1 Å². The molecule has 2 aliphatic rings. The van der Waals surface area contributed by atoms with Crippen molar-refractivity contribution in [3.05, 3.63) is 47.8 Å². The van der Waals surface area contributed by atoms with Crippen molar-refractivity contribution in [1.82, 2.24) is 0 Å². The van der Waals surface area contributed by atoms with E-state index in [9.17, 15) is 4.39 Å². The first kappa shape index (κ1) is 21.6. The van der Waals surface area contributed by atoms with Gasteiger partial charge < -0.3 is 4.74 Å². The molecule has 0 bridgehead atoms. The zero-order chi connectivity index (χ0) is 19.8. The van der Waals surface area contributed by atoms with E-state index in [-0.39, 0.29) is 5.82 Å². The van der Waals surface area contributed by atoms with Crippen LogP contribution >= 0.6 is 0 Å². The van der Waals surface area contributed by atoms with Crippen molar-refractivity contribution < 1.29 is 9.13 Å². The maximum atomic E-state index is 14.2. The first-order valence-electron chi connectivity index (χ1n) is 11.6. The predicted octanol–water partition coefficient (Wildman–Crippen LogP) is 7.80. The van der Waals surface area contributed by atoms with E-state index in [4.69, 9.17) is 4.74 Å². The van der Waals surface area contributed by atoms with Gasteiger partial charge in [0.25, 0.3) is 0 Å². The minimum Gasteiger partial charge on any atom is -0.380 e. The van der Waals surface area contributed by atoms with Gasteiger partial charge in [0, 0.05) is 12.7 Å². The second kappa shape index (κ2) is 11.1. The van der Waals surface area contributed by atoms with Crippen molar-refractivity contribution in [2.45, 2.75) is 89.6 Å². The Bertz CT molecular complexity index is 594. The van der Waals surface area contributed by atoms with Crippen molar-refractivity contribution in [2.75, 3.05) is 7.11 Å². The zero-order valence-corrected chi connectivity index (χ0v) is 17.8. The van der Waals surface area contributed by atoms with E-state index in [1.54, 1.807) is 13.2 Å². The van der Waals surface area contributed by atoms with Crippen LogP contribution in [0.1, 0.15) is 94.1 Å². The lowest BCUT2D eigenvalue weighted by molar-refractivity contribution is 0.181. The molecule has 28 heavy (non-hydrogen) atoms. The molecule has 2 aliphatic carbocycles. The maximum absolute atomic E-state index is 14.2. The van der Waals surface area contributed by atoms with Crippen LogP contribution in [0.3, 0.4) is 0 Å². The minimum atomic E-state index is -0.106. The third-order valence-corrected chi connectivity index (χ3v) is 7.42. The van der Waals surface area contributed by atoms with Crippen molar-refractivity contribution >= 4 is 0 Å². The highest BCUT2D eigenvalue weighted by Gasteiger charge is 2.25. The summed E-state index contributed by atoms with van der Waals surface area (Å²) in [5, 5.41) is 0. The van der Waals surface area contributed by atoms with Gasteiger partial charge in [0.2, 0.25) is 0 Å². The monoisotopic (exact) mass is 386 g/mol. The number of hydrogen-bond acceptors (Lipinski definition) is 1. The van der Waals surface area contributed by atoms with Crippen LogP contribution in [-0.2, 0) is 11.3 Å². The second-order valence-electron chi connectivity index (χ2n) is 9.33. The smallest absolute Gasteiger partial charge is 0.129 e. The van der Waals surface area contributed by atoms with E-state index in [1.165, 1.54) is 82.6 Å². The molecule has 0 N–H and O–H groups in total. The van der Waals surface area contributed by atoms with Gasteiger partial charge in [0.1, 0.15) is 5.82 Å². The lowest BCUT2D eigenvalue weighted by Gasteiger charge is -2.32. The molecule has 156 valence electrons. The molecule has 2 saturated carbocycles. The number of allylic oxidation sites excluding steroid dienone is 1. The van der Waals surface area contributed by atoms with Gasteiger partial charge in [0.15, 0.2) is 0 Å². The topological polar surface area (TPSA) is 9.23 Å². The number of rotatable bonds is 9. The van der Waals surface area contributed by atoms with Gasteiger partial charge >= 0.3 is 0 Å². The van der Waals surface area contributed by atoms with Gasteiger partial charge in [-0.05, 0) is 73.8 Å². The highest BCUT2D eigenvalue weighted by molar-refractivity contribution is 5.27. The van der Waals surface area contributed by atoms with E-state index in [0.717, 1.165) is 17.8 Å². The highest BCUT2D eigenvalue weighted by Crippen LogP contribution is 2.40. The Balaban J connectivity index is 1.37. The molecule has 0 heterocycles. The van der Waals surface area contributed by atoms with Crippen LogP contribution in [-0.4, -0.2) is 7.11 Å². The van der Waals surface area contributed by atoms with Crippen LogP contribution in [0.5, 0.6) is 0 Å². The molecule has 0 radical (unpaired) electrons. The lowest BCUT2D eigenvalue weighted by atomic mass is 9.74. The Morgan fingerprint density at radius 1 is 0.929 bits per heavy atom. The summed E-state index contributed by atoms with van der Waals surface area (Å²) in [7, 11) is 1.61. The van der Waals surface area contributed by atoms with E-state index in [1.807, 2.05) is 6.07 Å². The van der Waals surface area contributed by atoms with Crippen molar-refractivity contribution in [1.29, 1.82) is 0 Å². The molecule has 2 heteroatoms. The molecule has 0 amide bonds. The Morgan fingerprint density at radius 2 is 1.50 bits per heavy atom. The predicted molar refractivity (Wildman–Crippen MR) is 116 cm³/mol. The van der Waals surface area contributed by atoms with Gasteiger partial charge in [-0.2, -0.15) is 0 Å². The first-order valence-corrected chi connectivity index (χ1v) is 11.6. The fourth-order valence-corrected chi connectivity index (χ4v) is 5.51. The number of methoxy groups -OCH3 is 1. The Labute approximate surface area is 171 Å². The van der Waals surface area contributed by atoms with Gasteiger partial charge in [-0.25, -0.2) is 4.39 Å². The summed E-state index contributed by atoms with van der Waals surface area (Å²) in [4.78, 5) is 0. The van der Waals surface area contributed by atoms with Crippen molar-refractivity contribution in [3.8, 4) is 0 Å². The maximum Gasteiger partial charge on any atom is 0.129 e. The average molecular weight is 387 g/mol. The lowest BCUT2D eigenvalue weighted by Crippen LogP contribution is -2.18. The summed E-state index contributed by atoms with van der Waals surface area (Å²) < 4.78 is 19.3. The summed E-state index contributed by atoms with van der Waals surface area (Å²) in [6.07, 6.45) is 18.3. The number of hydrogen-bond donors (Lipinski definition) is 0. The minimum absolute atomic E-state index is 0.106. The largest absolute Gasteiger partial charge is 0.380 e. The molecule has 1 aromatic carbocycles. The molecule has 2 fully saturated rings. The average Bonchev–Trinajstić information content (AvgIpc) is 2.73. The summed E-state index contributed by atoms with van der Waals surface area (Å²) in [6, 6.07) is 5.78. The fourth-order valence-electron chi connectivity index (χ4n) is 5.51. The summed E-state index contributed by atoms with van der Waals surface area (Å²) in [5.41, 5.74) is 1.85. The van der Waals surface area contributed by atoms with Crippen LogP contribution in [0.15, 0.2) is 30.9 Å². The van der Waals surface area contributed by atoms with Crippen LogP contribution in [0.25, 0.3) is 0 Å². The fraction of sp³-hybridized carbons (Fsp3) is 0.692. The molecule has 0 aliphatic heterocycles. The van der Waals surface area contributed by atoms with E-state index < -0.39 is 0 Å². The van der Waals surface area contributed by atoms with Crippen molar-refractivity contribution in [2.24, 2.45) is 17.8 Å². The molecule has 0 aromatic heterocycles. The molecule has 0 atom stereocenters. The van der Waals surface area contributed by atoms with E-state index in [2.05, 4.69) is 18.7 Å². The summed E-state index contributed by atoms with van der Waals surface area (Å²) >= 11 is 0. The first-order chi connectivity index (χ1) is 13.7. The number of benzene rings is 1. The standard InChI is InChI=1S/C26H39FO/c1-3-4-5-20-6-8-21(9-7-20)10-11-22-12-14-23(15-13-22)24-16-17-25(19-28-2)26(27)18-24/h3,16-18,20-23H,1,4-15,19H2,2H3/t20-,21-,22?,23?. The molecule has 3 rings (SSSR count). The van der Waals surface area contributed by atoms with Crippen molar-refractivity contribution in [3.63, 3.8) is 0 Å². The SMILES string of the molecule is C=CCC[C@H]1CC[C@H](CCC2CCC(c3ccc(COC)c(F)c3)CC2)CC1. The second-order valence-corrected chi connectivity index (χ2v) is 9.33. The molecule has 0 saturated heterocycles. The molecule has 1 nitrogen and oxygen atoms in total. The van der Waals surface area contributed by atoms with Crippen LogP contribution in [0.2, 0.25) is 0 Å². The normalized spacial score (nSPS) is 28.2. The Morgan fingerprint density at radius 3 is 2.04 bits per heavy atom. The highest BCUT2D eigenvalue weighted by atomic mass is 19.1. The van der Waals surface area contributed by atoms with Crippen LogP contribution in [0.4, 0.5) is 4.39 Å². The summed E-state index contributed by atoms with van der Waals surface area (Å²) in [5.74, 6) is 3.26. The van der Waals surface area contributed by atoms with Gasteiger partial charge in [-0.1, -0.05) is 56.7 Å². The third-order valence-electron chi connectivity index (χ3n) is 7.42. The molecule has 1 aromatic rings.